The predicted octanol–water partition coefficient (Wildman–Crippen LogP) is 4.91. The van der Waals surface area contributed by atoms with Gasteiger partial charge in [0.2, 0.25) is 0 Å². The van der Waals surface area contributed by atoms with Crippen LogP contribution in [-0.2, 0) is 17.8 Å². The van der Waals surface area contributed by atoms with E-state index in [-0.39, 0.29) is 23.4 Å². The number of likely N-dealkylation sites (tertiary alicyclic amines) is 2. The maximum absolute atomic E-state index is 14.1. The van der Waals surface area contributed by atoms with Crippen LogP contribution in [-0.4, -0.2) is 91.6 Å². The van der Waals surface area contributed by atoms with Crippen LogP contribution in [0.15, 0.2) is 54.9 Å². The molecule has 1 aromatic carbocycles. The third-order valence-corrected chi connectivity index (χ3v) is 12.2. The van der Waals surface area contributed by atoms with Crippen molar-refractivity contribution in [3.8, 4) is 17.3 Å². The average Bonchev–Trinajstić information content (AvgIpc) is 3.78. The molecule has 0 radical (unpaired) electrons. The molecule has 0 bridgehead atoms. The Bertz CT molecular complexity index is 2270. The van der Waals surface area contributed by atoms with Crippen molar-refractivity contribution in [3.05, 3.63) is 71.7 Å². The molecular formula is C39H39N7O5. The Balaban J connectivity index is 1.02. The van der Waals surface area contributed by atoms with Crippen LogP contribution < -0.4 is 4.74 Å². The number of ether oxygens (including phenoxy) is 2. The van der Waals surface area contributed by atoms with Gasteiger partial charge in [0.25, 0.3) is 11.8 Å². The second-order valence-electron chi connectivity index (χ2n) is 15.2. The van der Waals surface area contributed by atoms with Gasteiger partial charge in [-0.1, -0.05) is 0 Å². The zero-order chi connectivity index (χ0) is 34.5. The van der Waals surface area contributed by atoms with Gasteiger partial charge >= 0.3 is 5.97 Å². The maximum atomic E-state index is 14.1. The fourth-order valence-electron chi connectivity index (χ4n) is 9.33. The Morgan fingerprint density at radius 1 is 0.843 bits per heavy atom. The second kappa shape index (κ2) is 11.4. The molecule has 2 saturated heterocycles. The standard InChI is InChI=1S/C39H39N7O5/c1-50-32-15-26(38(48)45-20-27-10-25-14-30(45)33(25)27)12-28-34(32)46(19-22-16-43(17-22)37(47)24-7-9-40-29(11-24)39(49)51-2)36(42-28)31-13-23-4-3-8-41-35(23)44(31)18-21-5-6-21/h3-4,7-9,11-13,15,21-22,25,27,30,33H,5-6,10,14,16-20H2,1-2H3/t25?,27?,30?,33-/m1/s1. The number of fused-ring (bicyclic) bond motifs is 2. The third kappa shape index (κ3) is 4.78. The normalized spacial score (nSPS) is 23.5. The number of pyridine rings is 2. The summed E-state index contributed by atoms with van der Waals surface area (Å²) >= 11 is 0. The highest BCUT2D eigenvalue weighted by Crippen LogP contribution is 2.60. The quantitative estimate of drug-likeness (QED) is 0.201. The van der Waals surface area contributed by atoms with Crippen molar-refractivity contribution in [2.45, 2.75) is 44.8 Å². The minimum atomic E-state index is -0.581. The highest BCUT2D eigenvalue weighted by molar-refractivity contribution is 6.01. The molecule has 5 fully saturated rings. The summed E-state index contributed by atoms with van der Waals surface area (Å²) in [5.41, 5.74) is 4.60. The van der Waals surface area contributed by atoms with E-state index in [2.05, 4.69) is 31.2 Å². The van der Waals surface area contributed by atoms with Crippen molar-refractivity contribution < 1.29 is 23.9 Å². The number of rotatable bonds is 9. The van der Waals surface area contributed by atoms with Crippen LogP contribution in [0.4, 0.5) is 0 Å². The molecule has 4 atom stereocenters. The number of amides is 2. The molecule has 2 aliphatic heterocycles. The van der Waals surface area contributed by atoms with Gasteiger partial charge in [0, 0.05) is 73.6 Å². The van der Waals surface area contributed by atoms with Gasteiger partial charge in [-0.05, 0) is 91.8 Å². The van der Waals surface area contributed by atoms with Gasteiger partial charge in [0.15, 0.2) is 5.82 Å². The van der Waals surface area contributed by atoms with Crippen LogP contribution >= 0.6 is 0 Å². The number of hydrogen-bond acceptors (Lipinski definition) is 8. The van der Waals surface area contributed by atoms with Crippen LogP contribution in [0.5, 0.6) is 5.75 Å². The van der Waals surface area contributed by atoms with Crippen molar-refractivity contribution in [1.29, 1.82) is 0 Å². The molecule has 0 N–H and O–H groups in total. The predicted molar refractivity (Wildman–Crippen MR) is 187 cm³/mol. The highest BCUT2D eigenvalue weighted by atomic mass is 16.5. The molecule has 3 aliphatic carbocycles. The maximum Gasteiger partial charge on any atom is 0.356 e. The van der Waals surface area contributed by atoms with Crippen molar-refractivity contribution in [1.82, 2.24) is 33.9 Å². The van der Waals surface area contributed by atoms with E-state index < -0.39 is 5.97 Å². The van der Waals surface area contributed by atoms with Gasteiger partial charge in [-0.15, -0.1) is 0 Å². The number of hydrogen-bond donors (Lipinski definition) is 0. The first-order valence-corrected chi connectivity index (χ1v) is 18.1. The average molecular weight is 686 g/mol. The lowest BCUT2D eigenvalue weighted by Crippen LogP contribution is -2.53. The fraction of sp³-hybridized carbons (Fsp3) is 0.436. The summed E-state index contributed by atoms with van der Waals surface area (Å²) in [6.07, 6.45) is 8.08. The molecule has 4 aromatic heterocycles. The van der Waals surface area contributed by atoms with E-state index in [1.54, 1.807) is 18.1 Å². The number of aromatic nitrogens is 5. The van der Waals surface area contributed by atoms with Gasteiger partial charge in [0.05, 0.1) is 25.4 Å². The summed E-state index contributed by atoms with van der Waals surface area (Å²) in [5.74, 6) is 3.65. The van der Waals surface area contributed by atoms with Crippen LogP contribution in [0, 0.1) is 29.6 Å². The van der Waals surface area contributed by atoms with Crippen molar-refractivity contribution >= 4 is 39.9 Å². The molecule has 12 nitrogen and oxygen atoms in total. The summed E-state index contributed by atoms with van der Waals surface area (Å²) < 4.78 is 15.4. The van der Waals surface area contributed by atoms with Crippen molar-refractivity contribution in [3.63, 3.8) is 0 Å². The molecule has 5 aliphatic rings. The SMILES string of the molecule is COC(=O)c1cc(C(=O)N2CC(Cn3c(-c4cc5cccnc5n4CC4CC4)nc4cc(C(=O)N5CC6CC7CC5[C@H]76)cc(OC)c43)C2)ccn1. The highest BCUT2D eigenvalue weighted by Gasteiger charge is 2.61. The molecule has 5 aromatic rings. The van der Waals surface area contributed by atoms with E-state index in [0.717, 1.165) is 59.0 Å². The van der Waals surface area contributed by atoms with Crippen LogP contribution in [0.25, 0.3) is 33.6 Å². The Morgan fingerprint density at radius 3 is 2.45 bits per heavy atom. The molecule has 2 amide bonds. The topological polar surface area (TPSA) is 125 Å². The van der Waals surface area contributed by atoms with E-state index in [4.69, 9.17) is 19.4 Å². The lowest BCUT2D eigenvalue weighted by atomic mass is 9.53. The third-order valence-electron chi connectivity index (χ3n) is 12.2. The Hall–Kier alpha value is -5.26. The summed E-state index contributed by atoms with van der Waals surface area (Å²) in [5, 5.41) is 1.06. The molecule has 0 spiro atoms. The lowest BCUT2D eigenvalue weighted by molar-refractivity contribution is -0.0204. The minimum absolute atomic E-state index is 0.0656. The van der Waals surface area contributed by atoms with Gasteiger partial charge in [-0.3, -0.25) is 9.59 Å². The first-order valence-electron chi connectivity index (χ1n) is 18.1. The van der Waals surface area contributed by atoms with Crippen LogP contribution in [0.2, 0.25) is 0 Å². The molecule has 3 saturated carbocycles. The van der Waals surface area contributed by atoms with Gasteiger partial charge in [-0.2, -0.15) is 0 Å². The molecule has 6 heterocycles. The van der Waals surface area contributed by atoms with Crippen molar-refractivity contribution in [2.24, 2.45) is 29.6 Å². The molecule has 10 rings (SSSR count). The number of nitrogens with zero attached hydrogens (tertiary/aromatic N) is 7. The van der Waals surface area contributed by atoms with Crippen LogP contribution in [0.3, 0.4) is 0 Å². The number of imidazole rings is 1. The number of esters is 1. The van der Waals surface area contributed by atoms with Crippen LogP contribution in [0.1, 0.15) is 56.9 Å². The second-order valence-corrected chi connectivity index (χ2v) is 15.2. The molecule has 12 heteroatoms. The fourth-order valence-corrected chi connectivity index (χ4v) is 9.33. The first-order chi connectivity index (χ1) is 24.9. The Morgan fingerprint density at radius 2 is 1.69 bits per heavy atom. The van der Waals surface area contributed by atoms with Gasteiger partial charge in [0.1, 0.15) is 22.6 Å². The Kier molecular flexibility index (Phi) is 6.82. The van der Waals surface area contributed by atoms with E-state index >= 15 is 0 Å². The minimum Gasteiger partial charge on any atom is -0.494 e. The molecule has 51 heavy (non-hydrogen) atoms. The zero-order valence-corrected chi connectivity index (χ0v) is 28.7. The smallest absolute Gasteiger partial charge is 0.356 e. The lowest BCUT2D eigenvalue weighted by Gasteiger charge is -2.52. The van der Waals surface area contributed by atoms with E-state index in [0.29, 0.717) is 60.3 Å². The number of carbonyl (C=O) groups excluding carboxylic acids is 3. The van der Waals surface area contributed by atoms with Gasteiger partial charge in [-0.25, -0.2) is 19.7 Å². The monoisotopic (exact) mass is 685 g/mol. The molecule has 260 valence electrons. The Labute approximate surface area is 294 Å². The number of methoxy groups -OCH3 is 2. The molecule has 3 unspecified atom stereocenters. The van der Waals surface area contributed by atoms with Gasteiger partial charge < -0.3 is 28.4 Å². The number of benzene rings is 1. The molecular weight excluding hydrogens is 646 g/mol. The number of carbonyl (C=O) groups is 3. The van der Waals surface area contributed by atoms with E-state index in [1.807, 2.05) is 24.4 Å². The summed E-state index contributed by atoms with van der Waals surface area (Å²) in [7, 11) is 2.95. The largest absolute Gasteiger partial charge is 0.494 e. The zero-order valence-electron chi connectivity index (χ0n) is 28.7. The van der Waals surface area contributed by atoms with E-state index in [1.165, 1.54) is 38.6 Å². The summed E-state index contributed by atoms with van der Waals surface area (Å²) in [6.45, 7) is 3.39. The van der Waals surface area contributed by atoms with E-state index in [9.17, 15) is 14.4 Å². The summed E-state index contributed by atoms with van der Waals surface area (Å²) in [4.78, 5) is 57.5. The van der Waals surface area contributed by atoms with Crippen molar-refractivity contribution in [2.75, 3.05) is 33.9 Å². The first kappa shape index (κ1) is 30.6. The summed E-state index contributed by atoms with van der Waals surface area (Å²) in [6, 6.07) is 13.5.